The third-order valence-electron chi connectivity index (χ3n) is 1.43. The first-order valence-corrected chi connectivity index (χ1v) is 7.45. The molecular weight excluding hydrogens is 286 g/mol. The maximum Gasteiger partial charge on any atom is 0.216 e. The lowest BCUT2D eigenvalue weighted by atomic mass is 10.4. The summed E-state index contributed by atoms with van der Waals surface area (Å²) in [6.45, 7) is 3.61. The van der Waals surface area contributed by atoms with Gasteiger partial charge >= 0.3 is 0 Å². The highest BCUT2D eigenvalue weighted by atomic mass is 79.9. The van der Waals surface area contributed by atoms with Crippen LogP contribution in [0.15, 0.2) is 15.9 Å². The van der Waals surface area contributed by atoms with Crippen LogP contribution in [-0.2, 0) is 15.8 Å². The van der Waals surface area contributed by atoms with E-state index in [0.29, 0.717) is 0 Å². The van der Waals surface area contributed by atoms with Crippen molar-refractivity contribution < 1.29 is 8.42 Å². The first-order valence-electron chi connectivity index (χ1n) is 4.12. The zero-order valence-electron chi connectivity index (χ0n) is 7.95. The highest BCUT2D eigenvalue weighted by Crippen LogP contribution is 2.24. The van der Waals surface area contributed by atoms with Crippen molar-refractivity contribution in [3.05, 3.63) is 20.8 Å². The third kappa shape index (κ3) is 3.68. The van der Waals surface area contributed by atoms with E-state index in [4.69, 9.17) is 0 Å². The molecule has 0 aromatic carbocycles. The normalized spacial score (nSPS) is 12.3. The molecule has 1 N–H and O–H groups in total. The minimum atomic E-state index is -3.20. The van der Waals surface area contributed by atoms with Crippen molar-refractivity contribution in [3.63, 3.8) is 0 Å². The summed E-state index contributed by atoms with van der Waals surface area (Å²) < 4.78 is 26.5. The van der Waals surface area contributed by atoms with Gasteiger partial charge < -0.3 is 0 Å². The molecule has 0 spiro atoms. The van der Waals surface area contributed by atoms with Crippen LogP contribution in [0.25, 0.3) is 0 Å². The Hall–Kier alpha value is 0.0900. The van der Waals surface area contributed by atoms with Gasteiger partial charge in [0.15, 0.2) is 0 Å². The maximum atomic E-state index is 11.5. The van der Waals surface area contributed by atoms with Crippen molar-refractivity contribution in [2.24, 2.45) is 0 Å². The molecular formula is C8H12BrNO2S2. The predicted molar refractivity (Wildman–Crippen MR) is 62.9 cm³/mol. The van der Waals surface area contributed by atoms with E-state index in [0.717, 1.165) is 9.35 Å². The number of thiophene rings is 1. The van der Waals surface area contributed by atoms with Gasteiger partial charge in [-0.15, -0.1) is 11.3 Å². The van der Waals surface area contributed by atoms with Gasteiger partial charge in [-0.25, -0.2) is 13.1 Å². The summed E-state index contributed by atoms with van der Waals surface area (Å²) in [6, 6.07) is 1.80. The topological polar surface area (TPSA) is 46.2 Å². The summed E-state index contributed by atoms with van der Waals surface area (Å²) >= 11 is 4.74. The van der Waals surface area contributed by atoms with Crippen LogP contribution < -0.4 is 4.72 Å². The average Bonchev–Trinajstić information content (AvgIpc) is 2.32. The van der Waals surface area contributed by atoms with E-state index < -0.39 is 10.0 Å². The molecule has 0 aliphatic heterocycles. The van der Waals surface area contributed by atoms with Crippen LogP contribution in [0.3, 0.4) is 0 Å². The van der Waals surface area contributed by atoms with Crippen molar-refractivity contribution in [2.75, 3.05) is 0 Å². The summed E-state index contributed by atoms with van der Waals surface area (Å²) in [6.07, 6.45) is 0. The van der Waals surface area contributed by atoms with Crippen LogP contribution in [0.5, 0.6) is 0 Å². The molecule has 80 valence electrons. The van der Waals surface area contributed by atoms with Crippen LogP contribution in [-0.4, -0.2) is 14.5 Å². The lowest BCUT2D eigenvalue weighted by molar-refractivity contribution is 0.569. The van der Waals surface area contributed by atoms with Gasteiger partial charge in [-0.1, -0.05) is 0 Å². The van der Waals surface area contributed by atoms with Gasteiger partial charge in [-0.05, 0) is 41.2 Å². The van der Waals surface area contributed by atoms with Crippen LogP contribution in [0.1, 0.15) is 18.7 Å². The van der Waals surface area contributed by atoms with Gasteiger partial charge in [0.05, 0.1) is 5.75 Å². The second-order valence-electron chi connectivity index (χ2n) is 3.22. The molecule has 0 bridgehead atoms. The summed E-state index contributed by atoms with van der Waals surface area (Å²) in [5.74, 6) is 0.0451. The fourth-order valence-corrected chi connectivity index (χ4v) is 4.50. The Kier molecular flexibility index (Phi) is 4.12. The van der Waals surface area contributed by atoms with Gasteiger partial charge in [0, 0.05) is 15.4 Å². The molecule has 1 aromatic heterocycles. The van der Waals surface area contributed by atoms with Crippen molar-refractivity contribution >= 4 is 37.3 Å². The molecule has 0 saturated carbocycles. The summed E-state index contributed by atoms with van der Waals surface area (Å²) in [7, 11) is -3.20. The van der Waals surface area contributed by atoms with Gasteiger partial charge in [-0.3, -0.25) is 0 Å². The molecule has 0 amide bonds. The molecule has 0 aliphatic carbocycles. The third-order valence-corrected chi connectivity index (χ3v) is 5.04. The zero-order chi connectivity index (χ0) is 10.8. The van der Waals surface area contributed by atoms with Gasteiger partial charge in [0.1, 0.15) is 0 Å². The van der Waals surface area contributed by atoms with E-state index in [9.17, 15) is 8.42 Å². The number of rotatable bonds is 4. The number of hydrogen-bond donors (Lipinski definition) is 1. The number of sulfonamides is 1. The summed E-state index contributed by atoms with van der Waals surface area (Å²) in [5, 5.41) is 1.87. The van der Waals surface area contributed by atoms with Crippen molar-refractivity contribution in [2.45, 2.75) is 25.6 Å². The molecule has 0 saturated heterocycles. The number of hydrogen-bond acceptors (Lipinski definition) is 3. The second-order valence-corrected chi connectivity index (χ2v) is 6.83. The Balaban J connectivity index is 2.74. The summed E-state index contributed by atoms with van der Waals surface area (Å²) in [4.78, 5) is 0.832. The largest absolute Gasteiger partial charge is 0.216 e. The van der Waals surface area contributed by atoms with E-state index in [1.165, 1.54) is 11.3 Å². The minimum Gasteiger partial charge on any atom is -0.212 e. The highest BCUT2D eigenvalue weighted by Gasteiger charge is 2.15. The second kappa shape index (κ2) is 4.74. The fourth-order valence-electron chi connectivity index (χ4n) is 1.00. The van der Waals surface area contributed by atoms with Crippen LogP contribution in [0.2, 0.25) is 0 Å². The lowest BCUT2D eigenvalue weighted by Gasteiger charge is -2.08. The lowest BCUT2D eigenvalue weighted by Crippen LogP contribution is -2.31. The molecule has 1 heterocycles. The molecule has 0 atom stereocenters. The van der Waals surface area contributed by atoms with E-state index in [2.05, 4.69) is 20.7 Å². The molecule has 3 nitrogen and oxygen atoms in total. The molecule has 6 heteroatoms. The number of nitrogens with one attached hydrogen (secondary N) is 1. The van der Waals surface area contributed by atoms with Gasteiger partial charge in [0.25, 0.3) is 0 Å². The average molecular weight is 298 g/mol. The summed E-state index contributed by atoms with van der Waals surface area (Å²) in [5.41, 5.74) is 0. The van der Waals surface area contributed by atoms with E-state index in [-0.39, 0.29) is 11.8 Å². The Labute approximate surface area is 96.7 Å². The van der Waals surface area contributed by atoms with E-state index >= 15 is 0 Å². The van der Waals surface area contributed by atoms with E-state index in [1.54, 1.807) is 13.8 Å². The Morgan fingerprint density at radius 3 is 2.64 bits per heavy atom. The molecule has 0 radical (unpaired) electrons. The standard InChI is InChI=1S/C8H12BrNO2S2/c1-6(2)10-14(11,12)5-8-7(9)3-4-13-8/h3-4,6,10H,5H2,1-2H3. The van der Waals surface area contributed by atoms with Crippen molar-refractivity contribution in [3.8, 4) is 0 Å². The SMILES string of the molecule is CC(C)NS(=O)(=O)Cc1sccc1Br. The van der Waals surface area contributed by atoms with E-state index in [1.807, 2.05) is 11.4 Å². The molecule has 1 rings (SSSR count). The first kappa shape index (κ1) is 12.2. The Bertz CT molecular complexity index is 397. The monoisotopic (exact) mass is 297 g/mol. The zero-order valence-corrected chi connectivity index (χ0v) is 11.2. The highest BCUT2D eigenvalue weighted by molar-refractivity contribution is 9.10. The minimum absolute atomic E-state index is 0.0451. The Morgan fingerprint density at radius 1 is 1.57 bits per heavy atom. The van der Waals surface area contributed by atoms with Gasteiger partial charge in [0.2, 0.25) is 10.0 Å². The smallest absolute Gasteiger partial charge is 0.212 e. The van der Waals surface area contributed by atoms with Crippen LogP contribution >= 0.6 is 27.3 Å². The first-order chi connectivity index (χ1) is 6.41. The quantitative estimate of drug-likeness (QED) is 0.927. The fraction of sp³-hybridized carbons (Fsp3) is 0.500. The van der Waals surface area contributed by atoms with Crippen LogP contribution in [0.4, 0.5) is 0 Å². The molecule has 1 aromatic rings. The molecule has 0 fully saturated rings. The molecule has 0 unspecified atom stereocenters. The van der Waals surface area contributed by atoms with Crippen molar-refractivity contribution in [1.82, 2.24) is 4.72 Å². The van der Waals surface area contributed by atoms with Gasteiger partial charge in [-0.2, -0.15) is 0 Å². The maximum absolute atomic E-state index is 11.5. The molecule has 0 aliphatic rings. The predicted octanol–water partition coefficient (Wildman–Crippen LogP) is 2.34. The Morgan fingerprint density at radius 2 is 2.21 bits per heavy atom. The molecule has 14 heavy (non-hydrogen) atoms. The van der Waals surface area contributed by atoms with Crippen molar-refractivity contribution in [1.29, 1.82) is 0 Å². The number of halogens is 1. The van der Waals surface area contributed by atoms with Crippen LogP contribution in [0, 0.1) is 0 Å².